The third kappa shape index (κ3) is 2.80. The van der Waals surface area contributed by atoms with Crippen molar-refractivity contribution in [1.82, 2.24) is 4.98 Å². The van der Waals surface area contributed by atoms with Gasteiger partial charge in [0, 0.05) is 12.4 Å². The van der Waals surface area contributed by atoms with E-state index in [2.05, 4.69) is 10.7 Å². The first kappa shape index (κ1) is 13.6. The minimum atomic E-state index is -3.59. The first-order chi connectivity index (χ1) is 9.05. The molecule has 100 valence electrons. The number of pyridine rings is 1. The summed E-state index contributed by atoms with van der Waals surface area (Å²) in [5, 5.41) is -0.772. The van der Waals surface area contributed by atoms with Crippen LogP contribution in [0.4, 0.5) is 4.39 Å². The lowest BCUT2D eigenvalue weighted by molar-refractivity contribution is -0.367. The molecule has 2 rings (SSSR count). The van der Waals surface area contributed by atoms with Crippen molar-refractivity contribution in [2.45, 2.75) is 10.1 Å². The fraction of sp³-hybridized carbons (Fsp3) is 0.154. The molecular weight excluding hydrogens is 267 g/mol. The number of aromatic nitrogens is 1. The average Bonchev–Trinajstić information content (AvgIpc) is 2.41. The number of quaternary nitrogens is 1. The quantitative estimate of drug-likeness (QED) is 0.849. The molecular formula is C13H14FN2O2S+. The van der Waals surface area contributed by atoms with Gasteiger partial charge in [-0.05, 0) is 35.9 Å². The molecule has 19 heavy (non-hydrogen) atoms. The molecule has 0 amide bonds. The Morgan fingerprint density at radius 2 is 1.89 bits per heavy atom. The maximum absolute atomic E-state index is 12.9. The van der Waals surface area contributed by atoms with Gasteiger partial charge in [0.2, 0.25) is 0 Å². The molecule has 1 aromatic carbocycles. The van der Waals surface area contributed by atoms with Gasteiger partial charge < -0.3 is 5.73 Å². The molecule has 1 heterocycles. The number of benzene rings is 1. The van der Waals surface area contributed by atoms with Crippen LogP contribution < -0.4 is 5.73 Å². The third-order valence-corrected chi connectivity index (χ3v) is 5.02. The largest absolute Gasteiger partial charge is 0.356 e. The highest BCUT2D eigenvalue weighted by atomic mass is 32.2. The first-order valence-electron chi connectivity index (χ1n) is 5.74. The Hall–Kier alpha value is -1.79. The molecule has 0 bridgehead atoms. The summed E-state index contributed by atoms with van der Waals surface area (Å²) in [4.78, 5) is 4.01. The summed E-state index contributed by atoms with van der Waals surface area (Å²) in [7, 11) is -3.59. The molecule has 0 aliphatic carbocycles. The zero-order valence-electron chi connectivity index (χ0n) is 10.2. The lowest BCUT2D eigenvalue weighted by Crippen LogP contribution is -2.54. The Morgan fingerprint density at radius 1 is 1.21 bits per heavy atom. The van der Waals surface area contributed by atoms with E-state index in [1.165, 1.54) is 18.3 Å². The van der Waals surface area contributed by atoms with E-state index >= 15 is 0 Å². The lowest BCUT2D eigenvalue weighted by atomic mass is 10.2. The second kappa shape index (κ2) is 5.46. The van der Waals surface area contributed by atoms with Crippen LogP contribution in [0.3, 0.4) is 0 Å². The van der Waals surface area contributed by atoms with Crippen molar-refractivity contribution < 1.29 is 18.5 Å². The van der Waals surface area contributed by atoms with Crippen LogP contribution in [0.5, 0.6) is 0 Å². The molecule has 0 unspecified atom stereocenters. The minimum absolute atomic E-state index is 0.0893. The van der Waals surface area contributed by atoms with Crippen molar-refractivity contribution in [3.05, 3.63) is 60.2 Å². The molecule has 0 saturated heterocycles. The van der Waals surface area contributed by atoms with Crippen LogP contribution >= 0.6 is 0 Å². The SMILES string of the molecule is [NH3+]C[C@@H](c1cccnc1)S(=O)(=O)c1ccc(F)cc1. The summed E-state index contributed by atoms with van der Waals surface area (Å²) in [5.41, 5.74) is 4.28. The van der Waals surface area contributed by atoms with Gasteiger partial charge in [0.15, 0.2) is 9.84 Å². The van der Waals surface area contributed by atoms with E-state index in [-0.39, 0.29) is 11.4 Å². The van der Waals surface area contributed by atoms with Crippen LogP contribution in [-0.2, 0) is 9.84 Å². The van der Waals surface area contributed by atoms with E-state index in [1.807, 2.05) is 0 Å². The molecule has 0 saturated carbocycles. The van der Waals surface area contributed by atoms with Gasteiger partial charge in [0.05, 0.1) is 11.4 Å². The summed E-state index contributed by atoms with van der Waals surface area (Å²) in [6.07, 6.45) is 3.09. The van der Waals surface area contributed by atoms with Crippen molar-refractivity contribution in [1.29, 1.82) is 0 Å². The Bertz CT molecular complexity index is 642. The molecule has 3 N–H and O–H groups in total. The zero-order valence-corrected chi connectivity index (χ0v) is 11.0. The Labute approximate surface area is 111 Å². The highest BCUT2D eigenvalue weighted by molar-refractivity contribution is 7.91. The van der Waals surface area contributed by atoms with Crippen molar-refractivity contribution in [3.8, 4) is 0 Å². The van der Waals surface area contributed by atoms with Crippen molar-refractivity contribution in [2.24, 2.45) is 0 Å². The number of nitrogens with zero attached hydrogens (tertiary/aromatic N) is 1. The molecule has 1 atom stereocenters. The van der Waals surface area contributed by atoms with Gasteiger partial charge in [0.25, 0.3) is 0 Å². The van der Waals surface area contributed by atoms with E-state index < -0.39 is 20.9 Å². The fourth-order valence-electron chi connectivity index (χ4n) is 1.86. The highest BCUT2D eigenvalue weighted by Gasteiger charge is 2.29. The molecule has 0 aliphatic heterocycles. The van der Waals surface area contributed by atoms with Gasteiger partial charge in [-0.15, -0.1) is 0 Å². The van der Waals surface area contributed by atoms with Crippen LogP contribution in [0, 0.1) is 5.82 Å². The molecule has 1 aromatic heterocycles. The van der Waals surface area contributed by atoms with Gasteiger partial charge >= 0.3 is 0 Å². The van der Waals surface area contributed by atoms with Crippen molar-refractivity contribution in [3.63, 3.8) is 0 Å². The normalized spacial score (nSPS) is 13.2. The lowest BCUT2D eigenvalue weighted by Gasteiger charge is -2.14. The van der Waals surface area contributed by atoms with Crippen LogP contribution in [0.25, 0.3) is 0 Å². The Balaban J connectivity index is 2.45. The van der Waals surface area contributed by atoms with Gasteiger partial charge in [-0.3, -0.25) is 4.98 Å². The number of hydrogen-bond donors (Lipinski definition) is 1. The van der Waals surface area contributed by atoms with Crippen LogP contribution in [0.2, 0.25) is 0 Å². The zero-order chi connectivity index (χ0) is 13.9. The van der Waals surface area contributed by atoms with Crippen LogP contribution in [0.15, 0.2) is 53.7 Å². The molecule has 0 fully saturated rings. The topological polar surface area (TPSA) is 74.7 Å². The van der Waals surface area contributed by atoms with Crippen LogP contribution in [0.1, 0.15) is 10.8 Å². The van der Waals surface area contributed by atoms with E-state index in [0.29, 0.717) is 5.56 Å². The van der Waals surface area contributed by atoms with Crippen molar-refractivity contribution >= 4 is 9.84 Å². The van der Waals surface area contributed by atoms with Crippen LogP contribution in [-0.4, -0.2) is 19.9 Å². The fourth-order valence-corrected chi connectivity index (χ4v) is 3.51. The first-order valence-corrected chi connectivity index (χ1v) is 7.29. The smallest absolute Gasteiger partial charge is 0.190 e. The predicted molar refractivity (Wildman–Crippen MR) is 68.3 cm³/mol. The summed E-state index contributed by atoms with van der Waals surface area (Å²) < 4.78 is 37.8. The highest BCUT2D eigenvalue weighted by Crippen LogP contribution is 2.27. The molecule has 4 nitrogen and oxygen atoms in total. The molecule has 0 spiro atoms. The standard InChI is InChI=1S/C13H13FN2O2S/c14-11-3-5-12(6-4-11)19(17,18)13(8-15)10-2-1-7-16-9-10/h1-7,9,13H,8,15H2/p+1/t13-/m0/s1. The minimum Gasteiger partial charge on any atom is -0.356 e. The van der Waals surface area contributed by atoms with E-state index in [9.17, 15) is 12.8 Å². The Kier molecular flexibility index (Phi) is 3.92. The molecule has 0 aliphatic rings. The number of sulfone groups is 1. The predicted octanol–water partition coefficient (Wildman–Crippen LogP) is 0.978. The van der Waals surface area contributed by atoms with Gasteiger partial charge in [-0.2, -0.15) is 0 Å². The number of hydrogen-bond acceptors (Lipinski definition) is 3. The second-order valence-electron chi connectivity index (χ2n) is 4.06. The maximum Gasteiger partial charge on any atom is 0.190 e. The number of rotatable bonds is 4. The van der Waals surface area contributed by atoms with Gasteiger partial charge in [0.1, 0.15) is 11.1 Å². The van der Waals surface area contributed by atoms with Crippen molar-refractivity contribution in [2.75, 3.05) is 6.54 Å². The number of halogens is 1. The summed E-state index contributed by atoms with van der Waals surface area (Å²) in [6, 6.07) is 8.18. The molecule has 2 aromatic rings. The van der Waals surface area contributed by atoms with E-state index in [1.54, 1.807) is 18.3 Å². The molecule has 6 heteroatoms. The summed E-state index contributed by atoms with van der Waals surface area (Å²) in [5.74, 6) is -0.466. The molecule has 0 radical (unpaired) electrons. The third-order valence-electron chi connectivity index (χ3n) is 2.84. The average molecular weight is 281 g/mol. The van der Waals surface area contributed by atoms with Gasteiger partial charge in [-0.1, -0.05) is 6.07 Å². The maximum atomic E-state index is 12.9. The van der Waals surface area contributed by atoms with Gasteiger partial charge in [-0.25, -0.2) is 12.8 Å². The summed E-state index contributed by atoms with van der Waals surface area (Å²) >= 11 is 0. The Morgan fingerprint density at radius 3 is 2.42 bits per heavy atom. The summed E-state index contributed by atoms with van der Waals surface area (Å²) in [6.45, 7) is 0.186. The second-order valence-corrected chi connectivity index (χ2v) is 6.19. The van der Waals surface area contributed by atoms with E-state index in [0.717, 1.165) is 12.1 Å². The van der Waals surface area contributed by atoms with E-state index in [4.69, 9.17) is 0 Å². The monoisotopic (exact) mass is 281 g/mol.